The number of carbonyl (C=O) groups excluding carboxylic acids is 1. The summed E-state index contributed by atoms with van der Waals surface area (Å²) in [4.78, 5) is 14.1. The van der Waals surface area contributed by atoms with E-state index >= 15 is 0 Å². The van der Waals surface area contributed by atoms with E-state index in [4.69, 9.17) is 0 Å². The molecule has 1 saturated heterocycles. The Hall–Kier alpha value is -0.610. The van der Waals surface area contributed by atoms with E-state index < -0.39 is 0 Å². The fourth-order valence-electron chi connectivity index (χ4n) is 2.43. The van der Waals surface area contributed by atoms with Crippen LogP contribution in [0.4, 0.5) is 0 Å². The normalized spacial score (nSPS) is 27.3. The molecule has 17 heavy (non-hydrogen) atoms. The summed E-state index contributed by atoms with van der Waals surface area (Å²) in [6.07, 6.45) is 5.98. The lowest BCUT2D eigenvalue weighted by Crippen LogP contribution is -2.51. The van der Waals surface area contributed by atoms with Gasteiger partial charge in [0.2, 0.25) is 5.91 Å². The first-order chi connectivity index (χ1) is 8.16. The maximum Gasteiger partial charge on any atom is 0.239 e. The Morgan fingerprint density at radius 3 is 2.88 bits per heavy atom. The van der Waals surface area contributed by atoms with Crippen molar-refractivity contribution in [2.24, 2.45) is 0 Å². The summed E-state index contributed by atoms with van der Waals surface area (Å²) in [6.45, 7) is 3.49. The van der Waals surface area contributed by atoms with Gasteiger partial charge in [0.1, 0.15) is 0 Å². The molecular formula is C13H24N2O2. The molecule has 2 N–H and O–H groups in total. The molecule has 0 aromatic rings. The second kappa shape index (κ2) is 5.83. The quantitative estimate of drug-likeness (QED) is 0.725. The number of rotatable bonds is 6. The van der Waals surface area contributed by atoms with Gasteiger partial charge < -0.3 is 15.3 Å². The van der Waals surface area contributed by atoms with Crippen LogP contribution in [0.3, 0.4) is 0 Å². The van der Waals surface area contributed by atoms with Crippen LogP contribution in [0.25, 0.3) is 0 Å². The lowest BCUT2D eigenvalue weighted by Gasteiger charge is -2.33. The molecule has 0 aromatic carbocycles. The maximum atomic E-state index is 12.2. The van der Waals surface area contributed by atoms with Crippen LogP contribution in [0.1, 0.15) is 45.4 Å². The molecule has 0 radical (unpaired) electrons. The van der Waals surface area contributed by atoms with Gasteiger partial charge in [-0.1, -0.05) is 0 Å². The molecular weight excluding hydrogens is 216 g/mol. The van der Waals surface area contributed by atoms with E-state index in [2.05, 4.69) is 5.32 Å². The maximum absolute atomic E-state index is 12.2. The molecule has 0 bridgehead atoms. The summed E-state index contributed by atoms with van der Waals surface area (Å²) in [5, 5.41) is 12.6. The molecule has 2 rings (SSSR count). The largest absolute Gasteiger partial charge is 0.393 e. The highest BCUT2D eigenvalue weighted by Gasteiger charge is 2.32. The van der Waals surface area contributed by atoms with Gasteiger partial charge in [-0.15, -0.1) is 0 Å². The minimum Gasteiger partial charge on any atom is -0.393 e. The first-order valence-corrected chi connectivity index (χ1v) is 6.89. The molecule has 1 heterocycles. The Morgan fingerprint density at radius 2 is 2.24 bits per heavy atom. The molecule has 4 nitrogen and oxygen atoms in total. The number of likely N-dealkylation sites (tertiary alicyclic amines) is 1. The molecule has 2 aliphatic rings. The van der Waals surface area contributed by atoms with Crippen LogP contribution in [0.2, 0.25) is 0 Å². The number of nitrogens with zero attached hydrogens (tertiary/aromatic N) is 1. The number of hydrogen-bond donors (Lipinski definition) is 2. The lowest BCUT2D eigenvalue weighted by molar-refractivity contribution is -0.136. The van der Waals surface area contributed by atoms with Gasteiger partial charge in [0.05, 0.1) is 12.1 Å². The average molecular weight is 240 g/mol. The van der Waals surface area contributed by atoms with Gasteiger partial charge in [-0.2, -0.15) is 0 Å². The van der Waals surface area contributed by atoms with Crippen LogP contribution in [0, 0.1) is 0 Å². The Bertz CT molecular complexity index is 264. The van der Waals surface area contributed by atoms with Crippen LogP contribution in [0.15, 0.2) is 0 Å². The number of aliphatic hydroxyl groups is 1. The van der Waals surface area contributed by atoms with Crippen molar-refractivity contribution < 1.29 is 9.90 Å². The smallest absolute Gasteiger partial charge is 0.239 e. The lowest BCUT2D eigenvalue weighted by atomic mass is 10.0. The number of piperidine rings is 1. The Morgan fingerprint density at radius 1 is 1.47 bits per heavy atom. The highest BCUT2D eigenvalue weighted by molar-refractivity contribution is 5.82. The van der Waals surface area contributed by atoms with E-state index in [0.717, 1.165) is 38.8 Å². The topological polar surface area (TPSA) is 52.6 Å². The van der Waals surface area contributed by atoms with E-state index in [0.29, 0.717) is 6.04 Å². The predicted octanol–water partition coefficient (Wildman–Crippen LogP) is 0.890. The van der Waals surface area contributed by atoms with Gasteiger partial charge in [0, 0.05) is 19.1 Å². The van der Waals surface area contributed by atoms with Crippen molar-refractivity contribution in [2.45, 2.75) is 63.6 Å². The number of carbonyl (C=O) groups is 1. The van der Waals surface area contributed by atoms with Crippen LogP contribution in [-0.2, 0) is 4.79 Å². The molecule has 98 valence electrons. The molecule has 0 spiro atoms. The van der Waals surface area contributed by atoms with Crippen LogP contribution in [0.5, 0.6) is 0 Å². The summed E-state index contributed by atoms with van der Waals surface area (Å²) in [7, 11) is 0. The minimum atomic E-state index is -0.254. The Kier molecular flexibility index (Phi) is 4.40. The summed E-state index contributed by atoms with van der Waals surface area (Å²) in [6, 6.07) is 0.657. The van der Waals surface area contributed by atoms with Crippen LogP contribution in [-0.4, -0.2) is 47.2 Å². The number of amides is 1. The monoisotopic (exact) mass is 240 g/mol. The van der Waals surface area contributed by atoms with Gasteiger partial charge >= 0.3 is 0 Å². The molecule has 4 heteroatoms. The van der Waals surface area contributed by atoms with Gasteiger partial charge in [-0.05, 0) is 45.4 Å². The third-order valence-corrected chi connectivity index (χ3v) is 3.59. The van der Waals surface area contributed by atoms with Crippen molar-refractivity contribution in [3.05, 3.63) is 0 Å². The molecule has 0 aromatic heterocycles. The molecule has 2 atom stereocenters. The van der Waals surface area contributed by atoms with Crippen molar-refractivity contribution in [3.63, 3.8) is 0 Å². The molecule has 1 saturated carbocycles. The number of hydrogen-bond acceptors (Lipinski definition) is 3. The standard InChI is InChI=1S/C13H24N2O2/c1-10(16)4-2-8-15-9-3-5-12(13(15)17)14-11-6-7-11/h10-12,14,16H,2-9H2,1H3. The van der Waals surface area contributed by atoms with Gasteiger partial charge in [-0.25, -0.2) is 0 Å². The van der Waals surface area contributed by atoms with Crippen molar-refractivity contribution in [1.82, 2.24) is 10.2 Å². The van der Waals surface area contributed by atoms with Gasteiger partial charge in [0.15, 0.2) is 0 Å². The second-order valence-corrected chi connectivity index (χ2v) is 5.45. The molecule has 2 fully saturated rings. The van der Waals surface area contributed by atoms with Crippen molar-refractivity contribution >= 4 is 5.91 Å². The van der Waals surface area contributed by atoms with Crippen LogP contribution < -0.4 is 5.32 Å². The first-order valence-electron chi connectivity index (χ1n) is 6.89. The van der Waals surface area contributed by atoms with Crippen molar-refractivity contribution in [3.8, 4) is 0 Å². The van der Waals surface area contributed by atoms with E-state index in [1.165, 1.54) is 12.8 Å². The predicted molar refractivity (Wildman–Crippen MR) is 66.7 cm³/mol. The van der Waals surface area contributed by atoms with E-state index in [1.54, 1.807) is 6.92 Å². The third-order valence-electron chi connectivity index (χ3n) is 3.59. The zero-order valence-corrected chi connectivity index (χ0v) is 10.7. The summed E-state index contributed by atoms with van der Waals surface area (Å²) >= 11 is 0. The van der Waals surface area contributed by atoms with Crippen molar-refractivity contribution in [1.29, 1.82) is 0 Å². The van der Waals surface area contributed by atoms with Crippen molar-refractivity contribution in [2.75, 3.05) is 13.1 Å². The Labute approximate surface area is 103 Å². The third kappa shape index (κ3) is 3.96. The summed E-state index contributed by atoms with van der Waals surface area (Å²) < 4.78 is 0. The fraction of sp³-hybridized carbons (Fsp3) is 0.923. The molecule has 1 aliphatic carbocycles. The minimum absolute atomic E-state index is 0.0581. The summed E-state index contributed by atoms with van der Waals surface area (Å²) in [5.74, 6) is 0.272. The first kappa shape index (κ1) is 12.8. The van der Waals surface area contributed by atoms with Gasteiger partial charge in [-0.3, -0.25) is 4.79 Å². The average Bonchev–Trinajstić information content (AvgIpc) is 3.07. The highest BCUT2D eigenvalue weighted by Crippen LogP contribution is 2.22. The highest BCUT2D eigenvalue weighted by atomic mass is 16.3. The SMILES string of the molecule is CC(O)CCCN1CCCC(NC2CC2)C1=O. The molecule has 1 aliphatic heterocycles. The molecule has 1 amide bonds. The number of aliphatic hydroxyl groups excluding tert-OH is 1. The fourth-order valence-corrected chi connectivity index (χ4v) is 2.43. The summed E-state index contributed by atoms with van der Waals surface area (Å²) in [5.41, 5.74) is 0. The van der Waals surface area contributed by atoms with Gasteiger partial charge in [0.25, 0.3) is 0 Å². The Balaban J connectivity index is 1.74. The zero-order chi connectivity index (χ0) is 12.3. The number of nitrogens with one attached hydrogen (secondary N) is 1. The van der Waals surface area contributed by atoms with E-state index in [-0.39, 0.29) is 18.1 Å². The van der Waals surface area contributed by atoms with Crippen LogP contribution >= 0.6 is 0 Å². The zero-order valence-electron chi connectivity index (χ0n) is 10.7. The van der Waals surface area contributed by atoms with E-state index in [9.17, 15) is 9.90 Å². The molecule has 2 unspecified atom stereocenters. The second-order valence-electron chi connectivity index (χ2n) is 5.45. The van der Waals surface area contributed by atoms with E-state index in [1.807, 2.05) is 4.90 Å².